The molecule has 0 bridgehead atoms. The van der Waals surface area contributed by atoms with E-state index in [4.69, 9.17) is 4.74 Å². The number of hydrogen-bond acceptors (Lipinski definition) is 4. The van der Waals surface area contributed by atoms with Crippen LogP contribution in [0.4, 0.5) is 0 Å². The van der Waals surface area contributed by atoms with Gasteiger partial charge in [-0.1, -0.05) is 6.92 Å². The predicted molar refractivity (Wildman–Crippen MR) is 79.6 cm³/mol. The lowest BCUT2D eigenvalue weighted by Gasteiger charge is -2.36. The molecular weight excluding hydrogens is 238 g/mol. The maximum atomic E-state index is 5.63. The van der Waals surface area contributed by atoms with E-state index in [1.807, 2.05) is 0 Å². The summed E-state index contributed by atoms with van der Waals surface area (Å²) in [4.78, 5) is 5.24. The fourth-order valence-corrected chi connectivity index (χ4v) is 3.12. The van der Waals surface area contributed by atoms with E-state index in [-0.39, 0.29) is 0 Å². The lowest BCUT2D eigenvalue weighted by molar-refractivity contribution is -0.00789. The molecule has 0 spiro atoms. The molecule has 4 nitrogen and oxygen atoms in total. The maximum absolute atomic E-state index is 5.63. The number of rotatable bonds is 8. The van der Waals surface area contributed by atoms with Crippen LogP contribution in [-0.2, 0) is 4.74 Å². The Labute approximate surface area is 118 Å². The topological polar surface area (TPSA) is 27.7 Å². The van der Waals surface area contributed by atoms with Gasteiger partial charge in [0, 0.05) is 19.1 Å². The zero-order valence-electron chi connectivity index (χ0n) is 12.6. The average Bonchev–Trinajstić information content (AvgIpc) is 2.94. The first-order valence-electron chi connectivity index (χ1n) is 8.15. The van der Waals surface area contributed by atoms with Crippen LogP contribution in [0.15, 0.2) is 0 Å². The highest BCUT2D eigenvalue weighted by molar-refractivity contribution is 4.78. The van der Waals surface area contributed by atoms with E-state index in [1.165, 1.54) is 51.9 Å². The van der Waals surface area contributed by atoms with Gasteiger partial charge in [-0.15, -0.1) is 0 Å². The Morgan fingerprint density at radius 3 is 2.79 bits per heavy atom. The molecule has 112 valence electrons. The van der Waals surface area contributed by atoms with Crippen molar-refractivity contribution >= 4 is 0 Å². The van der Waals surface area contributed by atoms with Gasteiger partial charge >= 0.3 is 0 Å². The standard InChI is InChI=1S/C15H31N3O/c1-2-6-16-13-15-14-19-12-11-18(15)10-5-9-17-7-3-4-8-17/h15-16H,2-14H2,1H3. The number of nitrogens with zero attached hydrogens (tertiary/aromatic N) is 2. The predicted octanol–water partition coefficient (Wildman–Crippen LogP) is 1.17. The summed E-state index contributed by atoms with van der Waals surface area (Å²) < 4.78 is 5.63. The summed E-state index contributed by atoms with van der Waals surface area (Å²) in [7, 11) is 0. The average molecular weight is 269 g/mol. The van der Waals surface area contributed by atoms with E-state index in [0.717, 1.165) is 32.8 Å². The fraction of sp³-hybridized carbons (Fsp3) is 1.00. The van der Waals surface area contributed by atoms with Gasteiger partial charge in [0.15, 0.2) is 0 Å². The van der Waals surface area contributed by atoms with Crippen LogP contribution in [0, 0.1) is 0 Å². The molecule has 2 heterocycles. The third-order valence-corrected chi connectivity index (χ3v) is 4.27. The second kappa shape index (κ2) is 8.90. The molecular formula is C15H31N3O. The summed E-state index contributed by atoms with van der Waals surface area (Å²) in [5.41, 5.74) is 0. The zero-order chi connectivity index (χ0) is 13.3. The van der Waals surface area contributed by atoms with Gasteiger partial charge in [-0.05, 0) is 58.4 Å². The Hall–Kier alpha value is -0.160. The Balaban J connectivity index is 1.63. The summed E-state index contributed by atoms with van der Waals surface area (Å²) in [6.45, 7) is 12.5. The first-order valence-corrected chi connectivity index (χ1v) is 8.15. The minimum absolute atomic E-state index is 0.582. The van der Waals surface area contributed by atoms with Gasteiger partial charge in [-0.3, -0.25) is 4.90 Å². The maximum Gasteiger partial charge on any atom is 0.0634 e. The van der Waals surface area contributed by atoms with Gasteiger partial charge in [0.05, 0.1) is 13.2 Å². The molecule has 2 fully saturated rings. The largest absolute Gasteiger partial charge is 0.378 e. The van der Waals surface area contributed by atoms with E-state index in [1.54, 1.807) is 0 Å². The smallest absolute Gasteiger partial charge is 0.0634 e. The minimum atomic E-state index is 0.582. The molecule has 0 aromatic carbocycles. The minimum Gasteiger partial charge on any atom is -0.378 e. The van der Waals surface area contributed by atoms with Gasteiger partial charge in [0.25, 0.3) is 0 Å². The Morgan fingerprint density at radius 1 is 1.16 bits per heavy atom. The van der Waals surface area contributed by atoms with Crippen molar-refractivity contribution in [1.82, 2.24) is 15.1 Å². The van der Waals surface area contributed by atoms with Gasteiger partial charge in [0.1, 0.15) is 0 Å². The van der Waals surface area contributed by atoms with Crippen molar-refractivity contribution in [3.8, 4) is 0 Å². The molecule has 0 amide bonds. The molecule has 4 heteroatoms. The number of ether oxygens (including phenoxy) is 1. The molecule has 1 atom stereocenters. The Bertz CT molecular complexity index is 231. The molecule has 0 aliphatic carbocycles. The highest BCUT2D eigenvalue weighted by Gasteiger charge is 2.22. The lowest BCUT2D eigenvalue weighted by Crippen LogP contribution is -2.51. The van der Waals surface area contributed by atoms with Crippen molar-refractivity contribution in [2.45, 2.75) is 38.6 Å². The second-order valence-electron chi connectivity index (χ2n) is 5.87. The molecule has 0 radical (unpaired) electrons. The van der Waals surface area contributed by atoms with Crippen molar-refractivity contribution < 1.29 is 4.74 Å². The number of nitrogens with one attached hydrogen (secondary N) is 1. The van der Waals surface area contributed by atoms with E-state index in [0.29, 0.717) is 6.04 Å². The van der Waals surface area contributed by atoms with E-state index >= 15 is 0 Å². The van der Waals surface area contributed by atoms with Crippen molar-refractivity contribution in [2.24, 2.45) is 0 Å². The number of morpholine rings is 1. The van der Waals surface area contributed by atoms with Crippen LogP contribution in [0.25, 0.3) is 0 Å². The van der Waals surface area contributed by atoms with Gasteiger partial charge in [-0.25, -0.2) is 0 Å². The summed E-state index contributed by atoms with van der Waals surface area (Å²) in [5.74, 6) is 0. The summed E-state index contributed by atoms with van der Waals surface area (Å²) in [5, 5.41) is 3.53. The van der Waals surface area contributed by atoms with Crippen LogP contribution in [-0.4, -0.2) is 74.9 Å². The molecule has 19 heavy (non-hydrogen) atoms. The van der Waals surface area contributed by atoms with Gasteiger partial charge in [0.2, 0.25) is 0 Å². The molecule has 2 aliphatic heterocycles. The molecule has 1 N–H and O–H groups in total. The van der Waals surface area contributed by atoms with E-state index in [9.17, 15) is 0 Å². The number of likely N-dealkylation sites (tertiary alicyclic amines) is 1. The first kappa shape index (κ1) is 15.2. The third-order valence-electron chi connectivity index (χ3n) is 4.27. The molecule has 0 saturated carbocycles. The Kier molecular flexibility index (Phi) is 7.14. The normalized spacial score (nSPS) is 26.1. The molecule has 2 saturated heterocycles. The molecule has 0 aromatic heterocycles. The fourth-order valence-electron chi connectivity index (χ4n) is 3.12. The highest BCUT2D eigenvalue weighted by atomic mass is 16.5. The molecule has 2 rings (SSSR count). The summed E-state index contributed by atoms with van der Waals surface area (Å²) >= 11 is 0. The van der Waals surface area contributed by atoms with Crippen LogP contribution in [0.2, 0.25) is 0 Å². The zero-order valence-corrected chi connectivity index (χ0v) is 12.6. The van der Waals surface area contributed by atoms with E-state index < -0.39 is 0 Å². The molecule has 1 unspecified atom stereocenters. The van der Waals surface area contributed by atoms with E-state index in [2.05, 4.69) is 22.0 Å². The molecule has 2 aliphatic rings. The van der Waals surface area contributed by atoms with Crippen molar-refractivity contribution in [3.05, 3.63) is 0 Å². The molecule has 0 aromatic rings. The van der Waals surface area contributed by atoms with Gasteiger partial charge in [-0.2, -0.15) is 0 Å². The number of hydrogen-bond donors (Lipinski definition) is 1. The quantitative estimate of drug-likeness (QED) is 0.670. The van der Waals surface area contributed by atoms with Crippen LogP contribution in [0.1, 0.15) is 32.6 Å². The lowest BCUT2D eigenvalue weighted by atomic mass is 10.2. The summed E-state index contributed by atoms with van der Waals surface area (Å²) in [6.07, 6.45) is 5.33. The second-order valence-corrected chi connectivity index (χ2v) is 5.87. The van der Waals surface area contributed by atoms with Crippen molar-refractivity contribution in [2.75, 3.05) is 59.0 Å². The summed E-state index contributed by atoms with van der Waals surface area (Å²) in [6, 6.07) is 0.582. The van der Waals surface area contributed by atoms with Crippen molar-refractivity contribution in [3.63, 3.8) is 0 Å². The van der Waals surface area contributed by atoms with Crippen LogP contribution in [0.5, 0.6) is 0 Å². The third kappa shape index (κ3) is 5.38. The monoisotopic (exact) mass is 269 g/mol. The van der Waals surface area contributed by atoms with Crippen LogP contribution < -0.4 is 5.32 Å². The Morgan fingerprint density at radius 2 is 2.00 bits per heavy atom. The SMILES string of the molecule is CCCNCC1COCCN1CCCN1CCCC1. The first-order chi connectivity index (χ1) is 9.40. The van der Waals surface area contributed by atoms with Gasteiger partial charge < -0.3 is 15.0 Å². The van der Waals surface area contributed by atoms with Crippen LogP contribution >= 0.6 is 0 Å². The highest BCUT2D eigenvalue weighted by Crippen LogP contribution is 2.10. The van der Waals surface area contributed by atoms with Crippen molar-refractivity contribution in [1.29, 1.82) is 0 Å². The van der Waals surface area contributed by atoms with Crippen LogP contribution in [0.3, 0.4) is 0 Å².